The third-order valence-corrected chi connectivity index (χ3v) is 5.14. The Morgan fingerprint density at radius 2 is 1.87 bits per heavy atom. The fraction of sp³-hybridized carbons (Fsp3) is 0.261. The topological polar surface area (TPSA) is 71.8 Å². The van der Waals surface area contributed by atoms with Crippen LogP contribution in [0.3, 0.4) is 0 Å². The second kappa shape index (κ2) is 8.32. The second-order valence-electron chi connectivity index (χ2n) is 7.92. The molecule has 2 N–H and O–H groups in total. The zero-order valence-corrected chi connectivity index (χ0v) is 17.9. The molecule has 154 valence electrons. The zero-order chi connectivity index (χ0) is 21.3. The summed E-state index contributed by atoms with van der Waals surface area (Å²) in [5.41, 5.74) is 4.22. The third-order valence-electron chi connectivity index (χ3n) is 4.88. The molecule has 3 aromatic rings. The Hall–Kier alpha value is -3.12. The number of nitrogens with one attached hydrogen (secondary N) is 2. The van der Waals surface area contributed by atoms with Crippen LogP contribution in [0.15, 0.2) is 54.6 Å². The number of fused-ring (bicyclic) bond motifs is 1. The standard InChI is InChI=1S/C23H24ClN5O/c1-14(2)12-21(30)26-22-27-23-25-19(16-6-4-15(3)5-7-16)13-20(29(23)28-22)17-8-10-18(24)11-9-17/h4-11,13-14,20H,12H2,1-3H3,(H2,25,26,27,28,30)/t20-/m1/s1. The lowest BCUT2D eigenvalue weighted by Gasteiger charge is -2.24. The lowest BCUT2D eigenvalue weighted by atomic mass is 10.0. The summed E-state index contributed by atoms with van der Waals surface area (Å²) < 4.78 is 1.78. The van der Waals surface area contributed by atoms with Crippen LogP contribution in [0.5, 0.6) is 0 Å². The number of carbonyl (C=O) groups excluding carboxylic acids is 1. The van der Waals surface area contributed by atoms with Gasteiger partial charge in [0.2, 0.25) is 11.9 Å². The molecular weight excluding hydrogens is 398 g/mol. The molecule has 1 aliphatic rings. The van der Waals surface area contributed by atoms with Crippen molar-refractivity contribution in [2.75, 3.05) is 10.6 Å². The van der Waals surface area contributed by atoms with Crippen LogP contribution in [0, 0.1) is 12.8 Å². The smallest absolute Gasteiger partial charge is 0.250 e. The number of hydrogen-bond donors (Lipinski definition) is 2. The minimum absolute atomic E-state index is 0.0947. The quantitative estimate of drug-likeness (QED) is 0.587. The molecule has 0 saturated heterocycles. The summed E-state index contributed by atoms with van der Waals surface area (Å²) in [5.74, 6) is 1.04. The summed E-state index contributed by atoms with van der Waals surface area (Å²) in [6, 6.07) is 15.8. The number of anilines is 2. The molecule has 2 aromatic carbocycles. The number of hydrogen-bond acceptors (Lipinski definition) is 4. The van der Waals surface area contributed by atoms with Crippen molar-refractivity contribution in [1.82, 2.24) is 14.8 Å². The van der Waals surface area contributed by atoms with E-state index in [2.05, 4.69) is 58.0 Å². The monoisotopic (exact) mass is 421 g/mol. The molecule has 0 unspecified atom stereocenters. The first-order valence-corrected chi connectivity index (χ1v) is 10.3. The van der Waals surface area contributed by atoms with Crippen molar-refractivity contribution in [2.45, 2.75) is 33.2 Å². The molecule has 0 aliphatic carbocycles. The fourth-order valence-corrected chi connectivity index (χ4v) is 3.52. The van der Waals surface area contributed by atoms with Crippen LogP contribution in [0.25, 0.3) is 5.70 Å². The number of aromatic nitrogens is 3. The van der Waals surface area contributed by atoms with Crippen molar-refractivity contribution in [2.24, 2.45) is 5.92 Å². The molecule has 0 spiro atoms. The first-order valence-electron chi connectivity index (χ1n) is 9.97. The van der Waals surface area contributed by atoms with Gasteiger partial charge in [-0.25, -0.2) is 4.68 Å². The molecule has 2 heterocycles. The van der Waals surface area contributed by atoms with Gasteiger partial charge in [-0.1, -0.05) is 67.4 Å². The number of nitrogens with zero attached hydrogens (tertiary/aromatic N) is 3. The van der Waals surface area contributed by atoms with E-state index in [0.717, 1.165) is 16.8 Å². The van der Waals surface area contributed by atoms with E-state index in [1.807, 2.05) is 38.1 Å². The van der Waals surface area contributed by atoms with Crippen LogP contribution in [0.2, 0.25) is 5.02 Å². The van der Waals surface area contributed by atoms with Crippen molar-refractivity contribution >= 4 is 35.1 Å². The van der Waals surface area contributed by atoms with Gasteiger partial charge in [0, 0.05) is 17.1 Å². The summed E-state index contributed by atoms with van der Waals surface area (Å²) in [6.45, 7) is 6.06. The number of carbonyl (C=O) groups is 1. The Morgan fingerprint density at radius 3 is 2.53 bits per heavy atom. The SMILES string of the molecule is Cc1ccc(C2=C[C@H](c3ccc(Cl)cc3)n3nc(NC(=O)CC(C)C)nc3N2)cc1. The van der Waals surface area contributed by atoms with Crippen LogP contribution < -0.4 is 10.6 Å². The highest BCUT2D eigenvalue weighted by atomic mass is 35.5. The molecule has 1 amide bonds. The van der Waals surface area contributed by atoms with Crippen LogP contribution >= 0.6 is 11.6 Å². The zero-order valence-electron chi connectivity index (χ0n) is 17.2. The van der Waals surface area contributed by atoms with E-state index in [1.165, 1.54) is 5.56 Å². The molecule has 6 nitrogen and oxygen atoms in total. The van der Waals surface area contributed by atoms with Gasteiger partial charge in [0.25, 0.3) is 5.95 Å². The van der Waals surface area contributed by atoms with Gasteiger partial charge in [0.15, 0.2) is 0 Å². The molecule has 1 atom stereocenters. The van der Waals surface area contributed by atoms with Gasteiger partial charge in [-0.3, -0.25) is 10.1 Å². The molecule has 7 heteroatoms. The molecule has 1 aliphatic heterocycles. The average Bonchev–Trinajstić information content (AvgIpc) is 3.10. The Balaban J connectivity index is 1.71. The number of halogens is 1. The van der Waals surface area contributed by atoms with Gasteiger partial charge in [-0.15, -0.1) is 5.10 Å². The molecule has 1 aromatic heterocycles. The van der Waals surface area contributed by atoms with Crippen LogP contribution in [0.4, 0.5) is 11.9 Å². The van der Waals surface area contributed by atoms with Gasteiger partial charge in [0.05, 0.1) is 0 Å². The lowest BCUT2D eigenvalue weighted by molar-refractivity contribution is -0.116. The Kier molecular flexibility index (Phi) is 5.59. The summed E-state index contributed by atoms with van der Waals surface area (Å²) >= 11 is 6.08. The largest absolute Gasteiger partial charge is 0.324 e. The summed E-state index contributed by atoms with van der Waals surface area (Å²) in [4.78, 5) is 16.7. The predicted molar refractivity (Wildman–Crippen MR) is 120 cm³/mol. The van der Waals surface area contributed by atoms with E-state index in [4.69, 9.17) is 11.6 Å². The van der Waals surface area contributed by atoms with Crippen molar-refractivity contribution < 1.29 is 4.79 Å². The lowest BCUT2D eigenvalue weighted by Crippen LogP contribution is -2.20. The van der Waals surface area contributed by atoms with Crippen LogP contribution in [-0.2, 0) is 4.79 Å². The molecule has 0 radical (unpaired) electrons. The Bertz CT molecular complexity index is 1080. The number of allylic oxidation sites excluding steroid dienone is 1. The predicted octanol–water partition coefficient (Wildman–Crippen LogP) is 5.28. The first kappa shape index (κ1) is 20.2. The maximum absolute atomic E-state index is 12.2. The minimum Gasteiger partial charge on any atom is -0.324 e. The van der Waals surface area contributed by atoms with E-state index in [9.17, 15) is 4.79 Å². The summed E-state index contributed by atoms with van der Waals surface area (Å²) in [5, 5.41) is 11.4. The number of aryl methyl sites for hydroxylation is 1. The van der Waals surface area contributed by atoms with Crippen molar-refractivity contribution in [3.63, 3.8) is 0 Å². The average molecular weight is 422 g/mol. The van der Waals surface area contributed by atoms with Crippen LogP contribution in [-0.4, -0.2) is 20.7 Å². The highest BCUT2D eigenvalue weighted by Crippen LogP contribution is 2.33. The van der Waals surface area contributed by atoms with Crippen molar-refractivity contribution in [3.05, 3.63) is 76.3 Å². The molecule has 30 heavy (non-hydrogen) atoms. The Labute approximate surface area is 181 Å². The fourth-order valence-electron chi connectivity index (χ4n) is 3.39. The van der Waals surface area contributed by atoms with E-state index in [-0.39, 0.29) is 17.9 Å². The number of amides is 1. The normalized spacial score (nSPS) is 15.4. The maximum atomic E-state index is 12.2. The molecule has 4 rings (SSSR count). The maximum Gasteiger partial charge on any atom is 0.250 e. The molecule has 0 bridgehead atoms. The first-order chi connectivity index (χ1) is 14.4. The minimum atomic E-state index is -0.182. The van der Waals surface area contributed by atoms with E-state index in [1.54, 1.807) is 4.68 Å². The van der Waals surface area contributed by atoms with Crippen molar-refractivity contribution in [1.29, 1.82) is 0 Å². The second-order valence-corrected chi connectivity index (χ2v) is 8.35. The summed E-state index contributed by atoms with van der Waals surface area (Å²) in [6.07, 6.45) is 2.53. The molecule has 0 saturated carbocycles. The molecule has 0 fully saturated rings. The van der Waals surface area contributed by atoms with E-state index < -0.39 is 0 Å². The van der Waals surface area contributed by atoms with E-state index >= 15 is 0 Å². The highest BCUT2D eigenvalue weighted by Gasteiger charge is 2.26. The summed E-state index contributed by atoms with van der Waals surface area (Å²) in [7, 11) is 0. The van der Waals surface area contributed by atoms with Gasteiger partial charge >= 0.3 is 0 Å². The third kappa shape index (κ3) is 4.39. The van der Waals surface area contributed by atoms with Crippen LogP contribution in [0.1, 0.15) is 43.0 Å². The Morgan fingerprint density at radius 1 is 1.17 bits per heavy atom. The van der Waals surface area contributed by atoms with Crippen molar-refractivity contribution in [3.8, 4) is 0 Å². The number of rotatable bonds is 5. The van der Waals surface area contributed by atoms with Gasteiger partial charge in [0.1, 0.15) is 6.04 Å². The van der Waals surface area contributed by atoms with Gasteiger partial charge < -0.3 is 5.32 Å². The van der Waals surface area contributed by atoms with E-state index in [0.29, 0.717) is 23.3 Å². The highest BCUT2D eigenvalue weighted by molar-refractivity contribution is 6.30. The van der Waals surface area contributed by atoms with Gasteiger partial charge in [-0.05, 0) is 42.2 Å². The van der Waals surface area contributed by atoms with Gasteiger partial charge in [-0.2, -0.15) is 4.98 Å². The number of benzene rings is 2. The molecular formula is C23H24ClN5O.